The molecule has 0 atom stereocenters. The first-order valence-electron chi connectivity index (χ1n) is 9.31. The summed E-state index contributed by atoms with van der Waals surface area (Å²) in [7, 11) is 0. The van der Waals surface area contributed by atoms with Crippen LogP contribution in [0.1, 0.15) is 41.9 Å². The predicted molar refractivity (Wildman–Crippen MR) is 121 cm³/mol. The molecule has 0 saturated carbocycles. The molecule has 0 radical (unpaired) electrons. The number of rotatable bonds is 8. The zero-order valence-corrected chi connectivity index (χ0v) is 20.6. The molecular formula is C21H22N2S2Se2. The molecule has 27 heavy (non-hydrogen) atoms. The van der Waals surface area contributed by atoms with Crippen LogP contribution < -0.4 is 0 Å². The fourth-order valence-electron chi connectivity index (χ4n) is 2.91. The average Bonchev–Trinajstić information content (AvgIpc) is 3.44. The molecule has 0 aromatic carbocycles. The maximum atomic E-state index is 4.69. The summed E-state index contributed by atoms with van der Waals surface area (Å²) in [6.45, 7) is 4.38. The van der Waals surface area contributed by atoms with E-state index >= 15 is 0 Å². The summed E-state index contributed by atoms with van der Waals surface area (Å²) >= 11 is 4.45. The quantitative estimate of drug-likeness (QED) is 0.204. The number of aromatic nitrogens is 2. The fraction of sp³-hybridized carbons (Fsp3) is 0.333. The Kier molecular flexibility index (Phi) is 6.65. The van der Waals surface area contributed by atoms with Crippen LogP contribution in [0.4, 0.5) is 0 Å². The second kappa shape index (κ2) is 9.17. The van der Waals surface area contributed by atoms with Gasteiger partial charge in [0.05, 0.1) is 0 Å². The number of unbranched alkanes of at least 4 members (excludes halogenated alkanes) is 3. The van der Waals surface area contributed by atoms with Crippen LogP contribution in [0.2, 0.25) is 0 Å². The van der Waals surface area contributed by atoms with Crippen LogP contribution >= 0.6 is 22.7 Å². The first-order chi connectivity index (χ1) is 13.2. The van der Waals surface area contributed by atoms with Crippen molar-refractivity contribution >= 4 is 51.7 Å². The van der Waals surface area contributed by atoms with Crippen molar-refractivity contribution in [2.24, 2.45) is 0 Å². The Morgan fingerprint density at radius 1 is 0.815 bits per heavy atom. The molecule has 0 aliphatic heterocycles. The SMILES string of the molecule is CCCCCCc1ccc(-c2ccc(-c3ncc(-c4ncc(C)s4)s3)[se]2)[se]1. The van der Waals surface area contributed by atoms with E-state index in [1.165, 1.54) is 51.3 Å². The van der Waals surface area contributed by atoms with Crippen LogP contribution in [-0.2, 0) is 6.42 Å². The summed E-state index contributed by atoms with van der Waals surface area (Å²) in [4.78, 5) is 11.6. The Hall–Kier alpha value is -0.741. The van der Waals surface area contributed by atoms with Gasteiger partial charge in [-0.15, -0.1) is 0 Å². The van der Waals surface area contributed by atoms with Crippen LogP contribution in [0.25, 0.3) is 28.2 Å². The molecule has 0 amide bonds. The summed E-state index contributed by atoms with van der Waals surface area (Å²) < 4.78 is 6.23. The van der Waals surface area contributed by atoms with Crippen LogP contribution in [0, 0.1) is 6.92 Å². The average molecular weight is 524 g/mol. The molecular weight excluding hydrogens is 502 g/mol. The van der Waals surface area contributed by atoms with Crippen molar-refractivity contribution in [3.8, 4) is 28.2 Å². The van der Waals surface area contributed by atoms with E-state index in [1.54, 1.807) is 36.0 Å². The zero-order chi connectivity index (χ0) is 18.6. The number of hydrogen-bond acceptors (Lipinski definition) is 4. The van der Waals surface area contributed by atoms with Gasteiger partial charge >= 0.3 is 182 Å². The van der Waals surface area contributed by atoms with Gasteiger partial charge in [-0.05, 0) is 0 Å². The van der Waals surface area contributed by atoms with Gasteiger partial charge in [-0.25, -0.2) is 0 Å². The summed E-state index contributed by atoms with van der Waals surface area (Å²) in [5.74, 6) is 0. The Bertz CT molecular complexity index is 1010. The molecule has 0 N–H and O–H groups in total. The molecule has 140 valence electrons. The summed E-state index contributed by atoms with van der Waals surface area (Å²) in [6, 6.07) is 9.40. The summed E-state index contributed by atoms with van der Waals surface area (Å²) in [6.07, 6.45) is 10.7. The minimum atomic E-state index is 0.382. The third-order valence-electron chi connectivity index (χ3n) is 4.34. The topological polar surface area (TPSA) is 25.8 Å². The molecule has 6 heteroatoms. The van der Waals surface area contributed by atoms with Crippen molar-refractivity contribution in [2.75, 3.05) is 0 Å². The van der Waals surface area contributed by atoms with E-state index in [0.717, 1.165) is 5.01 Å². The van der Waals surface area contributed by atoms with Crippen LogP contribution in [0.5, 0.6) is 0 Å². The van der Waals surface area contributed by atoms with E-state index < -0.39 is 0 Å². The Balaban J connectivity index is 1.46. The van der Waals surface area contributed by atoms with E-state index in [4.69, 9.17) is 0 Å². The van der Waals surface area contributed by atoms with Gasteiger partial charge in [0.2, 0.25) is 0 Å². The molecule has 4 aromatic rings. The number of hydrogen-bond donors (Lipinski definition) is 0. The normalized spacial score (nSPS) is 11.3. The van der Waals surface area contributed by atoms with Crippen LogP contribution in [0.3, 0.4) is 0 Å². The number of thiazole rings is 2. The molecule has 0 unspecified atom stereocenters. The van der Waals surface area contributed by atoms with Gasteiger partial charge in [0, 0.05) is 0 Å². The molecule has 0 aliphatic carbocycles. The van der Waals surface area contributed by atoms with Crippen LogP contribution in [0.15, 0.2) is 36.7 Å². The first-order valence-corrected chi connectivity index (χ1v) is 14.4. The molecule has 4 heterocycles. The van der Waals surface area contributed by atoms with E-state index in [-0.39, 0.29) is 0 Å². The fourth-order valence-corrected chi connectivity index (χ4v) is 9.70. The van der Waals surface area contributed by atoms with Gasteiger partial charge in [-0.2, -0.15) is 0 Å². The second-order valence-electron chi connectivity index (χ2n) is 6.55. The summed E-state index contributed by atoms with van der Waals surface area (Å²) in [5.41, 5.74) is 0. The van der Waals surface area contributed by atoms with E-state index in [0.29, 0.717) is 29.0 Å². The van der Waals surface area contributed by atoms with E-state index in [9.17, 15) is 0 Å². The molecule has 0 aliphatic rings. The standard InChI is InChI=1S/C21H22N2S2Se2/c1-3-4-5-6-7-15-8-9-17(26-15)18-10-11-19(27-18)21-23-13-16(25-21)20-22-12-14(2)24-20/h8-13H,3-7H2,1-2H3. The van der Waals surface area contributed by atoms with Gasteiger partial charge in [-0.1, -0.05) is 0 Å². The van der Waals surface area contributed by atoms with Gasteiger partial charge in [-0.3, -0.25) is 0 Å². The van der Waals surface area contributed by atoms with Crippen molar-refractivity contribution in [1.29, 1.82) is 0 Å². The van der Waals surface area contributed by atoms with Gasteiger partial charge in [0.1, 0.15) is 0 Å². The van der Waals surface area contributed by atoms with Gasteiger partial charge in [0.15, 0.2) is 0 Å². The molecule has 0 spiro atoms. The van der Waals surface area contributed by atoms with Crippen molar-refractivity contribution in [3.63, 3.8) is 0 Å². The monoisotopic (exact) mass is 526 g/mol. The molecule has 0 saturated heterocycles. The Labute approximate surface area is 180 Å². The third kappa shape index (κ3) is 4.82. The molecule has 4 aromatic heterocycles. The van der Waals surface area contributed by atoms with Crippen molar-refractivity contribution in [2.45, 2.75) is 46.0 Å². The van der Waals surface area contributed by atoms with E-state index in [2.05, 4.69) is 48.1 Å². The van der Waals surface area contributed by atoms with Gasteiger partial charge in [0.25, 0.3) is 0 Å². The molecule has 2 nitrogen and oxygen atoms in total. The minimum absolute atomic E-state index is 0.382. The summed E-state index contributed by atoms with van der Waals surface area (Å²) in [5, 5.41) is 2.26. The third-order valence-corrected chi connectivity index (χ3v) is 12.2. The molecule has 4 rings (SSSR count). The van der Waals surface area contributed by atoms with Crippen molar-refractivity contribution in [3.05, 3.63) is 46.0 Å². The second-order valence-corrected chi connectivity index (χ2v) is 13.5. The Morgan fingerprint density at radius 2 is 1.59 bits per heavy atom. The predicted octanol–water partition coefficient (Wildman–Crippen LogP) is 6.15. The van der Waals surface area contributed by atoms with Crippen molar-refractivity contribution < 1.29 is 0 Å². The first kappa shape index (κ1) is 19.6. The van der Waals surface area contributed by atoms with Crippen molar-refractivity contribution in [1.82, 2.24) is 9.97 Å². The molecule has 0 bridgehead atoms. The van der Waals surface area contributed by atoms with Gasteiger partial charge < -0.3 is 0 Å². The molecule has 0 fully saturated rings. The maximum absolute atomic E-state index is 4.69. The van der Waals surface area contributed by atoms with Crippen LogP contribution in [-0.4, -0.2) is 39.0 Å². The Morgan fingerprint density at radius 3 is 2.41 bits per heavy atom. The number of nitrogens with zero attached hydrogens (tertiary/aromatic N) is 2. The zero-order valence-electron chi connectivity index (χ0n) is 15.5. The number of aryl methyl sites for hydroxylation is 2. The van der Waals surface area contributed by atoms with E-state index in [1.807, 2.05) is 12.4 Å².